The Kier molecular flexibility index (Phi) is 6.83. The van der Waals surface area contributed by atoms with Gasteiger partial charge in [0, 0.05) is 6.42 Å². The summed E-state index contributed by atoms with van der Waals surface area (Å²) < 4.78 is 5.47. The lowest BCUT2D eigenvalue weighted by molar-refractivity contribution is -0.130. The zero-order valence-corrected chi connectivity index (χ0v) is 14.1. The number of rotatable bonds is 7. The third kappa shape index (κ3) is 5.84. The Bertz CT molecular complexity index is 731. The van der Waals surface area contributed by atoms with Crippen LogP contribution >= 0.6 is 0 Å². The molecule has 0 saturated heterocycles. The van der Waals surface area contributed by atoms with Gasteiger partial charge in [0.05, 0.1) is 0 Å². The first-order chi connectivity index (χ1) is 12.1. The molecule has 0 spiro atoms. The molecule has 6 nitrogen and oxygen atoms in total. The number of phenolic OH excluding ortho intramolecular Hbond substituents is 1. The predicted molar refractivity (Wildman–Crippen MR) is 94.0 cm³/mol. The number of hydrazine groups is 1. The van der Waals surface area contributed by atoms with Crippen LogP contribution in [0.15, 0.2) is 48.5 Å². The fraction of sp³-hybridized carbons (Fsp3) is 0.263. The van der Waals surface area contributed by atoms with Crippen LogP contribution in [0, 0.1) is 0 Å². The summed E-state index contributed by atoms with van der Waals surface area (Å²) in [7, 11) is 0. The molecule has 2 aromatic rings. The number of hydrogen-bond donors (Lipinski definition) is 3. The molecule has 0 bridgehead atoms. The predicted octanol–water partition coefficient (Wildman–Crippen LogP) is 2.11. The summed E-state index contributed by atoms with van der Waals surface area (Å²) in [6, 6.07) is 14.3. The smallest absolute Gasteiger partial charge is 0.276 e. The maximum atomic E-state index is 11.8. The van der Waals surface area contributed by atoms with Crippen molar-refractivity contribution in [2.45, 2.75) is 26.2 Å². The van der Waals surface area contributed by atoms with Gasteiger partial charge in [0.25, 0.3) is 5.91 Å². The van der Waals surface area contributed by atoms with E-state index in [1.165, 1.54) is 0 Å². The standard InChI is InChI=1S/C19H22N2O4/c1-2-14-7-4-6-10-17(14)25-13-19(24)21-20-18(23)12-11-15-8-3-5-9-16(15)22/h3-10,22H,2,11-13H2,1H3,(H,20,23)(H,21,24). The molecule has 0 radical (unpaired) electrons. The van der Waals surface area contributed by atoms with Gasteiger partial charge in [-0.25, -0.2) is 0 Å². The van der Waals surface area contributed by atoms with Gasteiger partial charge in [-0.3, -0.25) is 20.4 Å². The Morgan fingerprint density at radius 3 is 2.32 bits per heavy atom. The molecule has 0 aliphatic rings. The molecule has 0 unspecified atom stereocenters. The van der Waals surface area contributed by atoms with Crippen molar-refractivity contribution in [1.29, 1.82) is 0 Å². The zero-order valence-electron chi connectivity index (χ0n) is 14.1. The van der Waals surface area contributed by atoms with Crippen LogP contribution in [0.4, 0.5) is 0 Å². The summed E-state index contributed by atoms with van der Waals surface area (Å²) in [4.78, 5) is 23.5. The summed E-state index contributed by atoms with van der Waals surface area (Å²) in [6.45, 7) is 1.82. The zero-order chi connectivity index (χ0) is 18.1. The van der Waals surface area contributed by atoms with Crippen LogP contribution in [-0.2, 0) is 22.4 Å². The Morgan fingerprint density at radius 2 is 1.60 bits per heavy atom. The second-order valence-electron chi connectivity index (χ2n) is 5.48. The molecule has 0 heterocycles. The van der Waals surface area contributed by atoms with E-state index >= 15 is 0 Å². The largest absolute Gasteiger partial charge is 0.508 e. The van der Waals surface area contributed by atoms with Gasteiger partial charge < -0.3 is 9.84 Å². The molecular weight excluding hydrogens is 320 g/mol. The molecule has 132 valence electrons. The fourth-order valence-electron chi connectivity index (χ4n) is 2.29. The normalized spacial score (nSPS) is 10.1. The highest BCUT2D eigenvalue weighted by Crippen LogP contribution is 2.18. The number of para-hydroxylation sites is 2. The first kappa shape index (κ1) is 18.3. The van der Waals surface area contributed by atoms with Gasteiger partial charge in [-0.15, -0.1) is 0 Å². The van der Waals surface area contributed by atoms with Gasteiger partial charge in [0.1, 0.15) is 11.5 Å². The average Bonchev–Trinajstić information content (AvgIpc) is 2.64. The molecule has 0 saturated carbocycles. The highest BCUT2D eigenvalue weighted by molar-refractivity contribution is 5.82. The van der Waals surface area contributed by atoms with Gasteiger partial charge >= 0.3 is 0 Å². The molecule has 2 aromatic carbocycles. The third-order valence-corrected chi connectivity index (χ3v) is 3.67. The SMILES string of the molecule is CCc1ccccc1OCC(=O)NNC(=O)CCc1ccccc1O. The van der Waals surface area contributed by atoms with Crippen LogP contribution in [0.5, 0.6) is 11.5 Å². The van der Waals surface area contributed by atoms with E-state index in [0.717, 1.165) is 12.0 Å². The highest BCUT2D eigenvalue weighted by Gasteiger charge is 2.08. The van der Waals surface area contributed by atoms with Crippen molar-refractivity contribution in [2.24, 2.45) is 0 Å². The van der Waals surface area contributed by atoms with E-state index in [1.54, 1.807) is 30.3 Å². The van der Waals surface area contributed by atoms with Crippen LogP contribution in [0.1, 0.15) is 24.5 Å². The van der Waals surface area contributed by atoms with E-state index in [1.807, 2.05) is 25.1 Å². The molecule has 25 heavy (non-hydrogen) atoms. The number of amides is 2. The summed E-state index contributed by atoms with van der Waals surface area (Å²) >= 11 is 0. The quantitative estimate of drug-likeness (QED) is 0.673. The fourth-order valence-corrected chi connectivity index (χ4v) is 2.29. The van der Waals surface area contributed by atoms with E-state index in [2.05, 4.69) is 10.9 Å². The molecule has 0 aliphatic carbocycles. The number of benzene rings is 2. The number of phenols is 1. The molecule has 2 amide bonds. The Labute approximate surface area is 146 Å². The topological polar surface area (TPSA) is 87.7 Å². The van der Waals surface area contributed by atoms with Crippen LogP contribution in [-0.4, -0.2) is 23.5 Å². The number of ether oxygens (including phenoxy) is 1. The van der Waals surface area contributed by atoms with Crippen LogP contribution in [0.25, 0.3) is 0 Å². The van der Waals surface area contributed by atoms with Crippen molar-refractivity contribution in [1.82, 2.24) is 10.9 Å². The van der Waals surface area contributed by atoms with Crippen molar-refractivity contribution in [3.8, 4) is 11.5 Å². The molecule has 0 atom stereocenters. The highest BCUT2D eigenvalue weighted by atomic mass is 16.5. The van der Waals surface area contributed by atoms with E-state index in [-0.39, 0.29) is 24.7 Å². The van der Waals surface area contributed by atoms with E-state index in [9.17, 15) is 14.7 Å². The Hall–Kier alpha value is -3.02. The Morgan fingerprint density at radius 1 is 0.960 bits per heavy atom. The van der Waals surface area contributed by atoms with Gasteiger partial charge in [-0.05, 0) is 36.1 Å². The minimum Gasteiger partial charge on any atom is -0.508 e. The average molecular weight is 342 g/mol. The lowest BCUT2D eigenvalue weighted by atomic mass is 10.1. The van der Waals surface area contributed by atoms with Gasteiger partial charge in [-0.1, -0.05) is 43.3 Å². The summed E-state index contributed by atoms with van der Waals surface area (Å²) in [6.07, 6.45) is 1.34. The van der Waals surface area contributed by atoms with Gasteiger partial charge in [0.15, 0.2) is 6.61 Å². The lowest BCUT2D eigenvalue weighted by Gasteiger charge is -2.11. The van der Waals surface area contributed by atoms with E-state index in [0.29, 0.717) is 17.7 Å². The van der Waals surface area contributed by atoms with Crippen LogP contribution in [0.3, 0.4) is 0 Å². The maximum absolute atomic E-state index is 11.8. The maximum Gasteiger partial charge on any atom is 0.276 e. The first-order valence-corrected chi connectivity index (χ1v) is 8.15. The number of carbonyl (C=O) groups excluding carboxylic acids is 2. The van der Waals surface area contributed by atoms with Crippen molar-refractivity contribution < 1.29 is 19.4 Å². The molecule has 6 heteroatoms. The summed E-state index contributed by atoms with van der Waals surface area (Å²) in [5.41, 5.74) is 6.35. The van der Waals surface area contributed by atoms with Crippen LogP contribution < -0.4 is 15.6 Å². The summed E-state index contributed by atoms with van der Waals surface area (Å²) in [5.74, 6) is 0.0285. The van der Waals surface area contributed by atoms with Crippen molar-refractivity contribution in [3.05, 3.63) is 59.7 Å². The molecule has 2 rings (SSSR count). The minimum atomic E-state index is -0.443. The number of aromatic hydroxyl groups is 1. The van der Waals surface area contributed by atoms with Crippen LogP contribution in [0.2, 0.25) is 0 Å². The lowest BCUT2D eigenvalue weighted by Crippen LogP contribution is -2.43. The Balaban J connectivity index is 1.71. The van der Waals surface area contributed by atoms with Gasteiger partial charge in [-0.2, -0.15) is 0 Å². The molecule has 0 aromatic heterocycles. The molecule has 3 N–H and O–H groups in total. The van der Waals surface area contributed by atoms with Crippen molar-refractivity contribution in [3.63, 3.8) is 0 Å². The number of carbonyl (C=O) groups is 2. The minimum absolute atomic E-state index is 0.150. The molecule has 0 aliphatic heterocycles. The van der Waals surface area contributed by atoms with Crippen molar-refractivity contribution in [2.75, 3.05) is 6.61 Å². The third-order valence-electron chi connectivity index (χ3n) is 3.67. The molecule has 0 fully saturated rings. The number of nitrogens with one attached hydrogen (secondary N) is 2. The number of hydrogen-bond acceptors (Lipinski definition) is 4. The summed E-state index contributed by atoms with van der Waals surface area (Å²) in [5, 5.41) is 9.64. The van der Waals surface area contributed by atoms with E-state index < -0.39 is 5.91 Å². The first-order valence-electron chi connectivity index (χ1n) is 8.15. The van der Waals surface area contributed by atoms with Gasteiger partial charge in [0.2, 0.25) is 5.91 Å². The van der Waals surface area contributed by atoms with Crippen molar-refractivity contribution >= 4 is 11.8 Å². The second-order valence-corrected chi connectivity index (χ2v) is 5.48. The number of aryl methyl sites for hydroxylation is 2. The molecular formula is C19H22N2O4. The second kappa shape index (κ2) is 9.32. The van der Waals surface area contributed by atoms with E-state index in [4.69, 9.17) is 4.74 Å². The monoisotopic (exact) mass is 342 g/mol.